The van der Waals surface area contributed by atoms with Crippen molar-refractivity contribution in [3.8, 4) is 11.4 Å². The van der Waals surface area contributed by atoms with E-state index in [1.54, 1.807) is 36.4 Å². The van der Waals surface area contributed by atoms with E-state index in [-0.39, 0.29) is 17.1 Å². The third-order valence-electron chi connectivity index (χ3n) is 5.16. The molecule has 0 aliphatic carbocycles. The molecule has 0 bridgehead atoms. The minimum Gasteiger partial charge on any atom is -0.495 e. The Morgan fingerprint density at radius 1 is 1.09 bits per heavy atom. The number of hydrogen-bond acceptors (Lipinski definition) is 5. The summed E-state index contributed by atoms with van der Waals surface area (Å²) >= 11 is 7.55. The highest BCUT2D eigenvalue weighted by Crippen LogP contribution is 2.29. The van der Waals surface area contributed by atoms with Gasteiger partial charge in [-0.25, -0.2) is 4.98 Å². The lowest BCUT2D eigenvalue weighted by Gasteiger charge is -2.14. The van der Waals surface area contributed by atoms with Gasteiger partial charge in [-0.15, -0.1) is 0 Å². The SMILES string of the molecule is COc1ccc(-n2c(SCC(=O)c3cc(C)ccc3C)nc3ccccc3c2=O)cc1Cl. The lowest BCUT2D eigenvalue weighted by Crippen LogP contribution is -2.22. The van der Waals surface area contributed by atoms with E-state index >= 15 is 0 Å². The topological polar surface area (TPSA) is 61.2 Å². The molecule has 0 N–H and O–H groups in total. The van der Waals surface area contributed by atoms with Gasteiger partial charge in [0.05, 0.1) is 34.5 Å². The quantitative estimate of drug-likeness (QED) is 0.210. The third kappa shape index (κ3) is 4.29. The van der Waals surface area contributed by atoms with E-state index in [9.17, 15) is 9.59 Å². The third-order valence-corrected chi connectivity index (χ3v) is 6.40. The number of nitrogens with zero attached hydrogens (tertiary/aromatic N) is 2. The van der Waals surface area contributed by atoms with Crippen molar-refractivity contribution in [3.05, 3.63) is 92.7 Å². The van der Waals surface area contributed by atoms with Crippen LogP contribution in [0, 0.1) is 13.8 Å². The average Bonchev–Trinajstić information content (AvgIpc) is 2.79. The normalized spacial score (nSPS) is 11.0. The van der Waals surface area contributed by atoms with Crippen molar-refractivity contribution in [1.29, 1.82) is 0 Å². The molecule has 1 heterocycles. The summed E-state index contributed by atoms with van der Waals surface area (Å²) in [6, 6.07) is 18.1. The van der Waals surface area contributed by atoms with Crippen molar-refractivity contribution in [1.82, 2.24) is 9.55 Å². The summed E-state index contributed by atoms with van der Waals surface area (Å²) in [5.41, 5.74) is 3.54. The van der Waals surface area contributed by atoms with Crippen molar-refractivity contribution in [2.45, 2.75) is 19.0 Å². The van der Waals surface area contributed by atoms with E-state index in [0.717, 1.165) is 11.1 Å². The number of halogens is 1. The van der Waals surface area contributed by atoms with E-state index in [1.165, 1.54) is 23.4 Å². The molecule has 0 aliphatic heterocycles. The monoisotopic (exact) mass is 464 g/mol. The molecule has 0 unspecified atom stereocenters. The number of hydrogen-bond donors (Lipinski definition) is 0. The standard InChI is InChI=1S/C25H21ClN2O3S/c1-15-8-9-16(2)19(12-15)22(29)14-32-25-27-21-7-5-4-6-18(21)24(30)28(25)17-10-11-23(31-3)20(26)13-17/h4-13H,14H2,1-3H3. The van der Waals surface area contributed by atoms with Crippen LogP contribution >= 0.6 is 23.4 Å². The first-order chi connectivity index (χ1) is 15.4. The molecule has 7 heteroatoms. The maximum absolute atomic E-state index is 13.4. The van der Waals surface area contributed by atoms with Crippen molar-refractivity contribution in [2.75, 3.05) is 12.9 Å². The van der Waals surface area contributed by atoms with E-state index in [1.807, 2.05) is 38.1 Å². The minimum atomic E-state index is -0.224. The first-order valence-corrected chi connectivity index (χ1v) is 11.3. The van der Waals surface area contributed by atoms with Gasteiger partial charge in [0.2, 0.25) is 0 Å². The highest BCUT2D eigenvalue weighted by atomic mass is 35.5. The molecule has 0 fully saturated rings. The van der Waals surface area contributed by atoms with E-state index in [4.69, 9.17) is 16.3 Å². The van der Waals surface area contributed by atoms with Crippen molar-refractivity contribution >= 4 is 40.0 Å². The molecule has 4 aromatic rings. The molecule has 0 saturated heterocycles. The van der Waals surface area contributed by atoms with Gasteiger partial charge in [-0.3, -0.25) is 14.2 Å². The number of thioether (sulfide) groups is 1. The van der Waals surface area contributed by atoms with Crippen LogP contribution < -0.4 is 10.3 Å². The van der Waals surface area contributed by atoms with E-state index < -0.39 is 0 Å². The average molecular weight is 465 g/mol. The summed E-state index contributed by atoms with van der Waals surface area (Å²) < 4.78 is 6.73. The first-order valence-electron chi connectivity index (χ1n) is 9.98. The molecule has 3 aromatic carbocycles. The molecule has 0 spiro atoms. The van der Waals surface area contributed by atoms with Crippen molar-refractivity contribution in [2.24, 2.45) is 0 Å². The first kappa shape index (κ1) is 22.1. The number of ether oxygens (including phenoxy) is 1. The largest absolute Gasteiger partial charge is 0.495 e. The van der Waals surface area contributed by atoms with E-state index in [0.29, 0.717) is 38.1 Å². The summed E-state index contributed by atoms with van der Waals surface area (Å²) in [4.78, 5) is 31.0. The van der Waals surface area contributed by atoms with Gasteiger partial charge in [-0.05, 0) is 55.8 Å². The number of aromatic nitrogens is 2. The number of rotatable bonds is 6. The molecule has 32 heavy (non-hydrogen) atoms. The summed E-state index contributed by atoms with van der Waals surface area (Å²) in [5, 5.41) is 1.30. The molecule has 0 amide bonds. The number of ketones is 1. The maximum Gasteiger partial charge on any atom is 0.266 e. The molecular formula is C25H21ClN2O3S. The van der Waals surface area contributed by atoms with Crippen molar-refractivity contribution < 1.29 is 9.53 Å². The predicted octanol–water partition coefficient (Wildman–Crippen LogP) is 5.64. The number of methoxy groups -OCH3 is 1. The highest BCUT2D eigenvalue weighted by Gasteiger charge is 2.17. The number of benzene rings is 3. The molecule has 5 nitrogen and oxygen atoms in total. The fraction of sp³-hybridized carbons (Fsp3) is 0.160. The Morgan fingerprint density at radius 2 is 1.88 bits per heavy atom. The predicted molar refractivity (Wildman–Crippen MR) is 130 cm³/mol. The Hall–Kier alpha value is -3.09. The lowest BCUT2D eigenvalue weighted by molar-refractivity contribution is 0.102. The Bertz CT molecular complexity index is 1400. The Labute approximate surface area is 195 Å². The van der Waals surface area contributed by atoms with Crippen LogP contribution in [0.15, 0.2) is 70.6 Å². The second-order valence-electron chi connectivity index (χ2n) is 7.40. The lowest BCUT2D eigenvalue weighted by atomic mass is 10.0. The zero-order valence-electron chi connectivity index (χ0n) is 17.9. The van der Waals surface area contributed by atoms with Gasteiger partial charge < -0.3 is 4.74 Å². The fourth-order valence-electron chi connectivity index (χ4n) is 3.48. The van der Waals surface area contributed by atoms with Gasteiger partial charge in [0.1, 0.15) is 5.75 Å². The van der Waals surface area contributed by atoms with Crippen LogP contribution in [0.2, 0.25) is 5.02 Å². The van der Waals surface area contributed by atoms with Gasteiger partial charge in [-0.1, -0.05) is 53.2 Å². The van der Waals surface area contributed by atoms with Crippen LogP contribution in [0.3, 0.4) is 0 Å². The molecule has 0 radical (unpaired) electrons. The van der Waals surface area contributed by atoms with Gasteiger partial charge in [-0.2, -0.15) is 0 Å². The molecule has 4 rings (SSSR count). The molecular weight excluding hydrogens is 444 g/mol. The number of Topliss-reactive ketones (excluding diaryl/α,β-unsaturated/α-hetero) is 1. The zero-order chi connectivity index (χ0) is 22.8. The summed E-state index contributed by atoms with van der Waals surface area (Å²) in [6.45, 7) is 3.88. The number of fused-ring (bicyclic) bond motifs is 1. The van der Waals surface area contributed by atoms with Crippen LogP contribution in [0.5, 0.6) is 5.75 Å². The van der Waals surface area contributed by atoms with Gasteiger partial charge in [0.25, 0.3) is 5.56 Å². The Kier molecular flexibility index (Phi) is 6.35. The van der Waals surface area contributed by atoms with Crippen LogP contribution in [-0.4, -0.2) is 28.2 Å². The van der Waals surface area contributed by atoms with Gasteiger partial charge in [0, 0.05) is 5.56 Å². The molecule has 1 aromatic heterocycles. The number of aryl methyl sites for hydroxylation is 2. The van der Waals surface area contributed by atoms with Crippen LogP contribution in [0.1, 0.15) is 21.5 Å². The summed E-state index contributed by atoms with van der Waals surface area (Å²) in [6.07, 6.45) is 0. The molecule has 162 valence electrons. The second-order valence-corrected chi connectivity index (χ2v) is 8.75. The van der Waals surface area contributed by atoms with Crippen molar-refractivity contribution in [3.63, 3.8) is 0 Å². The number of para-hydroxylation sites is 1. The van der Waals surface area contributed by atoms with Gasteiger partial charge in [0.15, 0.2) is 10.9 Å². The smallest absolute Gasteiger partial charge is 0.266 e. The maximum atomic E-state index is 13.4. The number of carbonyl (C=O) groups is 1. The zero-order valence-corrected chi connectivity index (χ0v) is 19.5. The Morgan fingerprint density at radius 3 is 2.62 bits per heavy atom. The number of carbonyl (C=O) groups excluding carboxylic acids is 1. The highest BCUT2D eigenvalue weighted by molar-refractivity contribution is 7.99. The summed E-state index contributed by atoms with van der Waals surface area (Å²) in [7, 11) is 1.53. The van der Waals surface area contributed by atoms with E-state index in [2.05, 4.69) is 4.98 Å². The van der Waals surface area contributed by atoms with Crippen LogP contribution in [0.4, 0.5) is 0 Å². The molecule has 0 saturated carbocycles. The minimum absolute atomic E-state index is 0.0158. The van der Waals surface area contributed by atoms with Gasteiger partial charge >= 0.3 is 0 Å². The van der Waals surface area contributed by atoms with Crippen LogP contribution in [0.25, 0.3) is 16.6 Å². The summed E-state index contributed by atoms with van der Waals surface area (Å²) in [5.74, 6) is 0.647. The second kappa shape index (κ2) is 9.18. The van der Waals surface area contributed by atoms with Crippen LogP contribution in [-0.2, 0) is 0 Å². The Balaban J connectivity index is 1.79. The molecule has 0 aliphatic rings. The fourth-order valence-corrected chi connectivity index (χ4v) is 4.62. The molecule has 0 atom stereocenters.